The molecule has 1 aliphatic heterocycles. The monoisotopic (exact) mass is 456 g/mol. The highest BCUT2D eigenvalue weighted by Crippen LogP contribution is 2.30. The highest BCUT2D eigenvalue weighted by molar-refractivity contribution is 5.82. The second-order valence-corrected chi connectivity index (χ2v) is 8.94. The summed E-state index contributed by atoms with van der Waals surface area (Å²) in [5.41, 5.74) is 1.55. The molecule has 1 saturated heterocycles. The molecule has 178 valence electrons. The third-order valence-corrected chi connectivity index (χ3v) is 5.37. The second kappa shape index (κ2) is 11.1. The number of alkyl carbamates (subject to hydrolysis) is 1. The van der Waals surface area contributed by atoms with Crippen LogP contribution in [0.4, 0.5) is 10.7 Å². The Balaban J connectivity index is 1.84. The molecule has 1 atom stereocenters. The van der Waals surface area contributed by atoms with Crippen LogP contribution < -0.4 is 10.6 Å². The van der Waals surface area contributed by atoms with Gasteiger partial charge >= 0.3 is 12.1 Å². The minimum Gasteiger partial charge on any atom is -0.467 e. The van der Waals surface area contributed by atoms with Crippen molar-refractivity contribution in [2.45, 2.75) is 57.7 Å². The predicted octanol–water partition coefficient (Wildman–Crippen LogP) is 3.51. The number of anilines is 1. The number of hydrogen-bond acceptors (Lipinski definition) is 8. The number of amides is 1. The molecule has 0 aliphatic carbocycles. The first-order chi connectivity index (χ1) is 15.8. The lowest BCUT2D eigenvalue weighted by molar-refractivity contribution is -0.143. The number of ether oxygens (including phenoxy) is 3. The molecule has 1 fully saturated rings. The number of nitrogens with one attached hydrogen (secondary N) is 2. The third-order valence-electron chi connectivity index (χ3n) is 5.37. The molecular weight excluding hydrogens is 424 g/mol. The summed E-state index contributed by atoms with van der Waals surface area (Å²) in [6, 6.07) is 8.32. The number of rotatable bonds is 7. The molecule has 2 N–H and O–H groups in total. The Morgan fingerprint density at radius 1 is 1.18 bits per heavy atom. The van der Waals surface area contributed by atoms with Crippen molar-refractivity contribution < 1.29 is 23.8 Å². The van der Waals surface area contributed by atoms with Crippen LogP contribution in [0.1, 0.15) is 56.5 Å². The van der Waals surface area contributed by atoms with E-state index in [2.05, 4.69) is 20.6 Å². The normalized spacial score (nSPS) is 15.4. The van der Waals surface area contributed by atoms with E-state index in [0.717, 1.165) is 24.0 Å². The average Bonchev–Trinajstić information content (AvgIpc) is 2.81. The van der Waals surface area contributed by atoms with Crippen LogP contribution in [0.2, 0.25) is 0 Å². The van der Waals surface area contributed by atoms with Gasteiger partial charge in [-0.15, -0.1) is 0 Å². The number of carbonyl (C=O) groups excluding carboxylic acids is 2. The molecule has 2 aromatic rings. The molecule has 0 saturated carbocycles. The molecule has 0 radical (unpaired) electrons. The van der Waals surface area contributed by atoms with Crippen LogP contribution in [0.3, 0.4) is 0 Å². The Labute approximate surface area is 194 Å². The van der Waals surface area contributed by atoms with Crippen LogP contribution in [-0.4, -0.2) is 48.4 Å². The van der Waals surface area contributed by atoms with Crippen molar-refractivity contribution in [3.05, 3.63) is 53.3 Å². The molecule has 1 amide bonds. The van der Waals surface area contributed by atoms with Gasteiger partial charge in [0, 0.05) is 31.0 Å². The number of esters is 1. The van der Waals surface area contributed by atoms with Gasteiger partial charge in [0.25, 0.3) is 0 Å². The fraction of sp³-hybridized carbons (Fsp3) is 0.500. The average molecular weight is 457 g/mol. The number of hydrogen-bond donors (Lipinski definition) is 2. The topological polar surface area (TPSA) is 112 Å². The Kier molecular flexibility index (Phi) is 8.21. The van der Waals surface area contributed by atoms with E-state index < -0.39 is 18.1 Å². The summed E-state index contributed by atoms with van der Waals surface area (Å²) in [5.74, 6) is -0.258. The summed E-state index contributed by atoms with van der Waals surface area (Å²) in [6.45, 7) is 7.38. The maximum Gasteiger partial charge on any atom is 0.408 e. The Morgan fingerprint density at radius 3 is 2.52 bits per heavy atom. The maximum atomic E-state index is 12.7. The van der Waals surface area contributed by atoms with Crippen LogP contribution in [0.15, 0.2) is 36.5 Å². The lowest BCUT2D eigenvalue weighted by Crippen LogP contribution is -2.37. The van der Waals surface area contributed by atoms with E-state index in [-0.39, 0.29) is 18.1 Å². The first-order valence-corrected chi connectivity index (χ1v) is 11.0. The maximum absolute atomic E-state index is 12.7. The molecule has 0 bridgehead atoms. The van der Waals surface area contributed by atoms with E-state index >= 15 is 0 Å². The van der Waals surface area contributed by atoms with Gasteiger partial charge in [-0.05, 0) is 23.8 Å². The second-order valence-electron chi connectivity index (χ2n) is 8.94. The highest BCUT2D eigenvalue weighted by atomic mass is 16.6. The quantitative estimate of drug-likeness (QED) is 0.609. The summed E-state index contributed by atoms with van der Waals surface area (Å²) in [4.78, 5) is 34.4. The Morgan fingerprint density at radius 2 is 1.88 bits per heavy atom. The van der Waals surface area contributed by atoms with Crippen molar-refractivity contribution in [2.75, 3.05) is 25.6 Å². The van der Waals surface area contributed by atoms with Gasteiger partial charge in [0.15, 0.2) is 6.04 Å². The fourth-order valence-electron chi connectivity index (χ4n) is 3.53. The van der Waals surface area contributed by atoms with Gasteiger partial charge in [0.05, 0.1) is 12.8 Å². The van der Waals surface area contributed by atoms with Crippen molar-refractivity contribution in [3.63, 3.8) is 0 Å². The Hall–Kier alpha value is -3.20. The zero-order chi connectivity index (χ0) is 23.8. The smallest absolute Gasteiger partial charge is 0.408 e. The van der Waals surface area contributed by atoms with Gasteiger partial charge in [-0.25, -0.2) is 19.6 Å². The highest BCUT2D eigenvalue weighted by Gasteiger charge is 2.33. The lowest BCUT2D eigenvalue weighted by Gasteiger charge is -2.27. The fourth-order valence-corrected chi connectivity index (χ4v) is 3.53. The van der Waals surface area contributed by atoms with E-state index in [9.17, 15) is 9.59 Å². The SMILES string of the molecule is COC(=O)C(NC(=O)OCc1ccccc1)c1nc(NC2CCOCC2)ncc1C(C)(C)C. The predicted molar refractivity (Wildman–Crippen MR) is 123 cm³/mol. The first kappa shape index (κ1) is 24.4. The molecule has 9 heteroatoms. The van der Waals surface area contributed by atoms with E-state index in [1.165, 1.54) is 7.11 Å². The van der Waals surface area contributed by atoms with Crippen molar-refractivity contribution >= 4 is 18.0 Å². The van der Waals surface area contributed by atoms with Gasteiger partial charge in [-0.1, -0.05) is 51.1 Å². The number of aromatic nitrogens is 2. The van der Waals surface area contributed by atoms with Crippen LogP contribution in [0.5, 0.6) is 0 Å². The summed E-state index contributed by atoms with van der Waals surface area (Å²) < 4.78 is 15.7. The molecule has 0 spiro atoms. The number of nitrogens with zero attached hydrogens (tertiary/aromatic N) is 2. The molecule has 9 nitrogen and oxygen atoms in total. The molecule has 33 heavy (non-hydrogen) atoms. The minimum absolute atomic E-state index is 0.0764. The minimum atomic E-state index is -1.15. The number of carbonyl (C=O) groups is 2. The van der Waals surface area contributed by atoms with Crippen LogP contribution in [-0.2, 0) is 31.0 Å². The van der Waals surface area contributed by atoms with Gasteiger partial charge in [-0.3, -0.25) is 0 Å². The summed E-state index contributed by atoms with van der Waals surface area (Å²) >= 11 is 0. The molecule has 1 aromatic heterocycles. The third kappa shape index (κ3) is 6.89. The van der Waals surface area contributed by atoms with Crippen molar-refractivity contribution in [1.82, 2.24) is 15.3 Å². The molecule has 1 unspecified atom stereocenters. The van der Waals surface area contributed by atoms with Gasteiger partial charge in [0.2, 0.25) is 5.95 Å². The summed E-state index contributed by atoms with van der Waals surface area (Å²) in [7, 11) is 1.27. The van der Waals surface area contributed by atoms with Crippen molar-refractivity contribution in [1.29, 1.82) is 0 Å². The van der Waals surface area contributed by atoms with Crippen molar-refractivity contribution in [3.8, 4) is 0 Å². The zero-order valence-corrected chi connectivity index (χ0v) is 19.6. The largest absolute Gasteiger partial charge is 0.467 e. The molecular formula is C24H32N4O5. The molecule has 2 heterocycles. The van der Waals surface area contributed by atoms with Gasteiger partial charge in [0.1, 0.15) is 6.61 Å². The van der Waals surface area contributed by atoms with Crippen LogP contribution in [0.25, 0.3) is 0 Å². The molecule has 1 aromatic carbocycles. The van der Waals surface area contributed by atoms with E-state index in [4.69, 9.17) is 14.2 Å². The summed E-state index contributed by atoms with van der Waals surface area (Å²) in [6.07, 6.45) is 2.62. The zero-order valence-electron chi connectivity index (χ0n) is 19.6. The van der Waals surface area contributed by atoms with E-state index in [1.54, 1.807) is 6.20 Å². The Bertz CT molecular complexity index is 940. The van der Waals surface area contributed by atoms with Gasteiger partial charge in [-0.2, -0.15) is 0 Å². The first-order valence-electron chi connectivity index (χ1n) is 11.0. The summed E-state index contributed by atoms with van der Waals surface area (Å²) in [5, 5.41) is 5.94. The van der Waals surface area contributed by atoms with Crippen LogP contribution >= 0.6 is 0 Å². The van der Waals surface area contributed by atoms with E-state index in [0.29, 0.717) is 24.9 Å². The number of benzene rings is 1. The standard InChI is InChI=1S/C24H32N4O5/c1-24(2,3)18-14-25-22(26-17-10-12-32-13-11-17)27-19(18)20(21(29)31-4)28-23(30)33-15-16-8-6-5-7-9-16/h5-9,14,17,20H,10-13,15H2,1-4H3,(H,28,30)(H,25,26,27). The number of methoxy groups -OCH3 is 1. The molecule has 1 aliphatic rings. The molecule has 3 rings (SSSR count). The van der Waals surface area contributed by atoms with E-state index in [1.807, 2.05) is 51.1 Å². The van der Waals surface area contributed by atoms with Gasteiger partial charge < -0.3 is 24.8 Å². The van der Waals surface area contributed by atoms with Crippen LogP contribution in [0, 0.1) is 0 Å². The lowest BCUT2D eigenvalue weighted by atomic mass is 9.85. The van der Waals surface area contributed by atoms with Crippen molar-refractivity contribution in [2.24, 2.45) is 0 Å².